The van der Waals surface area contributed by atoms with Gasteiger partial charge in [-0.3, -0.25) is 0 Å². The average molecular weight is 275 g/mol. The van der Waals surface area contributed by atoms with E-state index in [9.17, 15) is 9.70 Å². The lowest BCUT2D eigenvalue weighted by Gasteiger charge is -2.13. The van der Waals surface area contributed by atoms with Crippen LogP contribution in [0.2, 0.25) is 0 Å². The molecule has 1 aromatic heterocycles. The van der Waals surface area contributed by atoms with Gasteiger partial charge in [-0.1, -0.05) is 0 Å². The molecule has 0 saturated heterocycles. The number of urea groups is 1. The number of carbonyl (C=O) groups excluding carboxylic acids is 1. The quantitative estimate of drug-likeness (QED) is 0.460. The van der Waals surface area contributed by atoms with E-state index in [1.54, 1.807) is 6.92 Å². The number of nitroso groups, excluding NO2 is 1. The number of carbonyl (C=O) groups is 1. The van der Waals surface area contributed by atoms with E-state index in [2.05, 4.69) is 15.3 Å². The lowest BCUT2D eigenvalue weighted by Crippen LogP contribution is -2.39. The molecule has 0 fully saturated rings. The fourth-order valence-corrected chi connectivity index (χ4v) is 1.13. The summed E-state index contributed by atoms with van der Waals surface area (Å²) in [6.45, 7) is 1.61. The van der Waals surface area contributed by atoms with Gasteiger partial charge in [-0.2, -0.15) is 10.5 Å². The van der Waals surface area contributed by atoms with Crippen LogP contribution in [-0.4, -0.2) is 33.4 Å². The minimum Gasteiger partial charge on any atom is -0.380 e. The molecule has 1 heterocycles. The highest BCUT2D eigenvalue weighted by Crippen LogP contribution is 2.15. The number of anilines is 1. The fourth-order valence-electron chi connectivity index (χ4n) is 0.966. The molecule has 10 heteroatoms. The number of nitrogens with zero attached hydrogens (tertiary/aromatic N) is 4. The van der Waals surface area contributed by atoms with Crippen LogP contribution in [-0.2, 0) is 0 Å². The molecule has 0 aliphatic heterocycles. The number of rotatable bonds is 5. The molecule has 0 aliphatic rings. The van der Waals surface area contributed by atoms with Gasteiger partial charge in [0, 0.05) is 5.88 Å². The topological polar surface area (TPSA) is 123 Å². The van der Waals surface area contributed by atoms with E-state index < -0.39 is 6.03 Å². The van der Waals surface area contributed by atoms with Gasteiger partial charge in [0.15, 0.2) is 5.82 Å². The minimum absolute atomic E-state index is 0.0415. The van der Waals surface area contributed by atoms with Crippen molar-refractivity contribution in [3.8, 4) is 5.75 Å². The summed E-state index contributed by atoms with van der Waals surface area (Å²) >= 11 is 5.38. The van der Waals surface area contributed by atoms with E-state index >= 15 is 0 Å². The molecule has 98 valence electrons. The normalized spacial score (nSPS) is 9.67. The summed E-state index contributed by atoms with van der Waals surface area (Å²) < 4.78 is 0. The summed E-state index contributed by atoms with van der Waals surface area (Å²) in [5, 5.41) is 3.04. The van der Waals surface area contributed by atoms with Crippen molar-refractivity contribution in [2.45, 2.75) is 6.92 Å². The zero-order valence-corrected chi connectivity index (χ0v) is 10.2. The molecule has 0 radical (unpaired) electrons. The van der Waals surface area contributed by atoms with Crippen molar-refractivity contribution in [2.75, 3.05) is 18.2 Å². The maximum atomic E-state index is 11.4. The van der Waals surface area contributed by atoms with Gasteiger partial charge in [-0.25, -0.2) is 14.8 Å². The molecule has 9 nitrogen and oxygen atoms in total. The van der Waals surface area contributed by atoms with Gasteiger partial charge in [-0.15, -0.1) is 16.5 Å². The summed E-state index contributed by atoms with van der Waals surface area (Å²) in [7, 11) is 0. The van der Waals surface area contributed by atoms with Crippen LogP contribution in [0.1, 0.15) is 5.82 Å². The third kappa shape index (κ3) is 3.70. The average Bonchev–Trinajstić information content (AvgIpc) is 2.34. The van der Waals surface area contributed by atoms with Crippen LogP contribution in [0, 0.1) is 11.8 Å². The smallest absolute Gasteiger partial charge is 0.373 e. The lowest BCUT2D eigenvalue weighted by molar-refractivity contribution is 0.145. The molecule has 0 atom stereocenters. The Morgan fingerprint density at radius 2 is 2.44 bits per heavy atom. The first-order chi connectivity index (χ1) is 8.58. The van der Waals surface area contributed by atoms with Gasteiger partial charge in [0.25, 0.3) is 0 Å². The van der Waals surface area contributed by atoms with Gasteiger partial charge < -0.3 is 10.6 Å². The standard InChI is InChI=1S/C8H11ClN6O3/c1-5-11-4-6(7(10)12-5)18-13-8(16)15(14-17)3-2-9/h4H,2-3H2,1H3,(H,13,16)(H2,10,11,12). The maximum absolute atomic E-state index is 11.4. The summed E-state index contributed by atoms with van der Waals surface area (Å²) in [6, 6.07) is -0.870. The molecule has 3 N–H and O–H groups in total. The molecule has 1 aromatic rings. The van der Waals surface area contributed by atoms with E-state index in [0.717, 1.165) is 0 Å². The molecular formula is C8H11ClN6O3. The Morgan fingerprint density at radius 1 is 1.72 bits per heavy atom. The summed E-state index contributed by atoms with van der Waals surface area (Å²) in [4.78, 5) is 34.2. The third-order valence-electron chi connectivity index (χ3n) is 1.78. The second kappa shape index (κ2) is 6.55. The number of nitrogen functional groups attached to an aromatic ring is 1. The van der Waals surface area contributed by atoms with E-state index in [4.69, 9.17) is 22.2 Å². The molecule has 2 amide bonds. The van der Waals surface area contributed by atoms with Crippen molar-refractivity contribution in [1.29, 1.82) is 0 Å². The minimum atomic E-state index is -0.870. The van der Waals surface area contributed by atoms with Crippen LogP contribution in [0.3, 0.4) is 0 Å². The molecule has 1 rings (SSSR count). The highest BCUT2D eigenvalue weighted by Gasteiger charge is 2.14. The summed E-state index contributed by atoms with van der Waals surface area (Å²) in [5.41, 5.74) is 7.50. The highest BCUT2D eigenvalue weighted by atomic mass is 35.5. The number of nitrogens with one attached hydrogen (secondary N) is 1. The van der Waals surface area contributed by atoms with Crippen molar-refractivity contribution in [3.05, 3.63) is 16.9 Å². The zero-order chi connectivity index (χ0) is 13.5. The largest absolute Gasteiger partial charge is 0.380 e. The first kappa shape index (κ1) is 13.9. The van der Waals surface area contributed by atoms with Crippen molar-refractivity contribution in [1.82, 2.24) is 20.5 Å². The SMILES string of the molecule is Cc1ncc(ONC(=O)N(CCCl)N=O)c(N)n1. The number of halogens is 1. The number of aromatic nitrogens is 2. The van der Waals surface area contributed by atoms with Crippen LogP contribution in [0.4, 0.5) is 10.6 Å². The first-order valence-electron chi connectivity index (χ1n) is 4.81. The number of hydrogen-bond acceptors (Lipinski definition) is 7. The number of nitrogens with two attached hydrogens (primary N) is 1. The van der Waals surface area contributed by atoms with Gasteiger partial charge >= 0.3 is 6.03 Å². The van der Waals surface area contributed by atoms with Gasteiger partial charge in [0.05, 0.1) is 18.0 Å². The Kier molecular flexibility index (Phi) is 5.06. The fraction of sp³-hybridized carbons (Fsp3) is 0.375. The zero-order valence-electron chi connectivity index (χ0n) is 9.46. The van der Waals surface area contributed by atoms with Crippen molar-refractivity contribution in [3.63, 3.8) is 0 Å². The van der Waals surface area contributed by atoms with Crippen molar-refractivity contribution in [2.24, 2.45) is 5.29 Å². The molecule has 0 spiro atoms. The molecule has 0 saturated carbocycles. The Hall–Kier alpha value is -2.16. The first-order valence-corrected chi connectivity index (χ1v) is 5.34. The van der Waals surface area contributed by atoms with E-state index in [1.165, 1.54) is 6.20 Å². The second-order valence-corrected chi connectivity index (χ2v) is 3.45. The van der Waals surface area contributed by atoms with Gasteiger partial charge in [-0.05, 0) is 6.92 Å². The van der Waals surface area contributed by atoms with Crippen molar-refractivity contribution < 1.29 is 9.63 Å². The van der Waals surface area contributed by atoms with Crippen LogP contribution < -0.4 is 16.1 Å². The van der Waals surface area contributed by atoms with Crippen LogP contribution in [0.15, 0.2) is 11.5 Å². The monoisotopic (exact) mass is 274 g/mol. The maximum Gasteiger partial charge on any atom is 0.373 e. The molecule has 18 heavy (non-hydrogen) atoms. The predicted octanol–water partition coefficient (Wildman–Crippen LogP) is 0.593. The van der Waals surface area contributed by atoms with E-state index in [1.807, 2.05) is 5.48 Å². The van der Waals surface area contributed by atoms with E-state index in [-0.39, 0.29) is 24.0 Å². The highest BCUT2D eigenvalue weighted by molar-refractivity contribution is 6.18. The molecular weight excluding hydrogens is 264 g/mol. The van der Waals surface area contributed by atoms with Crippen molar-refractivity contribution >= 4 is 23.4 Å². The third-order valence-corrected chi connectivity index (χ3v) is 1.95. The van der Waals surface area contributed by atoms with E-state index in [0.29, 0.717) is 10.8 Å². The van der Waals surface area contributed by atoms with Gasteiger partial charge in [0.1, 0.15) is 5.82 Å². The lowest BCUT2D eigenvalue weighted by atomic mass is 10.5. The molecule has 0 unspecified atom stereocenters. The Bertz CT molecular complexity index is 443. The number of hydroxylamine groups is 1. The predicted molar refractivity (Wildman–Crippen MR) is 63.6 cm³/mol. The number of amides is 2. The van der Waals surface area contributed by atoms with Crippen LogP contribution >= 0.6 is 11.6 Å². The van der Waals surface area contributed by atoms with Crippen LogP contribution in [0.5, 0.6) is 5.75 Å². The number of hydrogen-bond donors (Lipinski definition) is 2. The Labute approximate surface area is 107 Å². The molecule has 0 bridgehead atoms. The molecule has 0 aliphatic carbocycles. The summed E-state index contributed by atoms with van der Waals surface area (Å²) in [5.74, 6) is 0.649. The Balaban J connectivity index is 2.59. The Morgan fingerprint density at radius 3 is 3.00 bits per heavy atom. The number of alkyl halides is 1. The second-order valence-electron chi connectivity index (χ2n) is 3.07. The summed E-state index contributed by atoms with van der Waals surface area (Å²) in [6.07, 6.45) is 1.29. The van der Waals surface area contributed by atoms with Crippen LogP contribution in [0.25, 0.3) is 0 Å². The number of aryl methyl sites for hydroxylation is 1. The van der Waals surface area contributed by atoms with Gasteiger partial charge in [0.2, 0.25) is 5.75 Å². The molecule has 0 aromatic carbocycles.